The first kappa shape index (κ1) is 16.1. The molecule has 2 nitrogen and oxygen atoms in total. The van der Waals surface area contributed by atoms with Crippen molar-refractivity contribution >= 4 is 0 Å². The summed E-state index contributed by atoms with van der Waals surface area (Å²) in [6.07, 6.45) is -2.15. The lowest BCUT2D eigenvalue weighted by Gasteiger charge is -2.31. The Kier molecular flexibility index (Phi) is 5.51. The molecule has 1 saturated carbocycles. The van der Waals surface area contributed by atoms with Gasteiger partial charge in [-0.25, -0.2) is 0 Å². The van der Waals surface area contributed by atoms with Gasteiger partial charge >= 0.3 is 6.18 Å². The summed E-state index contributed by atoms with van der Waals surface area (Å²) in [5, 5.41) is 3.25. The molecule has 1 aromatic carbocycles. The summed E-state index contributed by atoms with van der Waals surface area (Å²) < 4.78 is 43.7. The molecule has 1 fully saturated rings. The van der Waals surface area contributed by atoms with Crippen LogP contribution in [0.4, 0.5) is 13.2 Å². The quantitative estimate of drug-likeness (QED) is 0.875. The fourth-order valence-corrected chi connectivity index (χ4v) is 2.85. The summed E-state index contributed by atoms with van der Waals surface area (Å²) in [5.74, 6) is -0.355. The monoisotopic (exact) mass is 301 g/mol. The van der Waals surface area contributed by atoms with E-state index in [-0.39, 0.29) is 18.9 Å². The molecule has 118 valence electrons. The lowest BCUT2D eigenvalue weighted by molar-refractivity contribution is -0.183. The number of rotatable bonds is 5. The molecule has 0 radical (unpaired) electrons. The molecule has 0 spiro atoms. The van der Waals surface area contributed by atoms with E-state index >= 15 is 0 Å². The summed E-state index contributed by atoms with van der Waals surface area (Å²) in [5.41, 5.74) is 1.04. The van der Waals surface area contributed by atoms with E-state index in [1.165, 1.54) is 0 Å². The van der Waals surface area contributed by atoms with Gasteiger partial charge in [0.1, 0.15) is 5.75 Å². The van der Waals surface area contributed by atoms with Crippen molar-refractivity contribution in [3.05, 3.63) is 29.8 Å². The Morgan fingerprint density at radius 1 is 1.29 bits per heavy atom. The molecule has 0 aliphatic heterocycles. The van der Waals surface area contributed by atoms with Gasteiger partial charge in [0.25, 0.3) is 0 Å². The average molecular weight is 301 g/mol. The first-order valence-electron chi connectivity index (χ1n) is 7.51. The number of benzene rings is 1. The van der Waals surface area contributed by atoms with Gasteiger partial charge in [-0.15, -0.1) is 0 Å². The number of ether oxygens (including phenoxy) is 1. The minimum Gasteiger partial charge on any atom is -0.494 e. The first-order valence-corrected chi connectivity index (χ1v) is 7.51. The van der Waals surface area contributed by atoms with Crippen LogP contribution in [-0.2, 0) is 6.54 Å². The maximum absolute atomic E-state index is 12.8. The molecule has 1 aromatic rings. The van der Waals surface area contributed by atoms with Gasteiger partial charge in [-0.2, -0.15) is 13.2 Å². The Balaban J connectivity index is 1.86. The van der Waals surface area contributed by atoms with Crippen molar-refractivity contribution in [3.8, 4) is 5.75 Å². The van der Waals surface area contributed by atoms with Gasteiger partial charge in [0, 0.05) is 12.6 Å². The van der Waals surface area contributed by atoms with Crippen LogP contribution < -0.4 is 10.1 Å². The van der Waals surface area contributed by atoms with Crippen LogP contribution in [0.15, 0.2) is 24.3 Å². The van der Waals surface area contributed by atoms with Crippen molar-refractivity contribution in [1.82, 2.24) is 5.32 Å². The SMILES string of the molecule is CCOc1cccc(CNC2CCCC(C(F)(F)F)C2)c1. The van der Waals surface area contributed by atoms with E-state index in [9.17, 15) is 13.2 Å². The molecule has 2 unspecified atom stereocenters. The summed E-state index contributed by atoms with van der Waals surface area (Å²) >= 11 is 0. The van der Waals surface area contributed by atoms with Gasteiger partial charge < -0.3 is 10.1 Å². The number of hydrogen-bond acceptors (Lipinski definition) is 2. The molecule has 2 atom stereocenters. The van der Waals surface area contributed by atoms with Crippen LogP contribution in [0, 0.1) is 5.92 Å². The fraction of sp³-hybridized carbons (Fsp3) is 0.625. The highest BCUT2D eigenvalue weighted by molar-refractivity contribution is 5.28. The van der Waals surface area contributed by atoms with Crippen LogP contribution in [0.1, 0.15) is 38.2 Å². The van der Waals surface area contributed by atoms with E-state index in [2.05, 4.69) is 5.32 Å². The number of hydrogen-bond donors (Lipinski definition) is 1. The molecule has 1 aliphatic carbocycles. The highest BCUT2D eigenvalue weighted by Gasteiger charge is 2.41. The second-order valence-electron chi connectivity index (χ2n) is 5.56. The molecule has 0 bridgehead atoms. The normalized spacial score (nSPS) is 23.0. The van der Waals surface area contributed by atoms with Gasteiger partial charge in [-0.3, -0.25) is 0 Å². The van der Waals surface area contributed by atoms with Crippen LogP contribution >= 0.6 is 0 Å². The van der Waals surface area contributed by atoms with Crippen molar-refractivity contribution < 1.29 is 17.9 Å². The standard InChI is InChI=1S/C16H22F3NO/c1-2-21-15-8-3-5-12(9-15)11-20-14-7-4-6-13(10-14)16(17,18)19/h3,5,8-9,13-14,20H,2,4,6-7,10-11H2,1H3. The van der Waals surface area contributed by atoms with Crippen molar-refractivity contribution in [2.75, 3.05) is 6.61 Å². The van der Waals surface area contributed by atoms with E-state index in [4.69, 9.17) is 4.74 Å². The Bertz CT molecular complexity index is 447. The van der Waals surface area contributed by atoms with Crippen LogP contribution in [0.5, 0.6) is 5.75 Å². The van der Waals surface area contributed by atoms with E-state index in [0.717, 1.165) is 17.7 Å². The summed E-state index contributed by atoms with van der Waals surface area (Å²) in [6, 6.07) is 7.62. The van der Waals surface area contributed by atoms with Crippen LogP contribution in [0.2, 0.25) is 0 Å². The van der Waals surface area contributed by atoms with Crippen LogP contribution in [-0.4, -0.2) is 18.8 Å². The largest absolute Gasteiger partial charge is 0.494 e. The molecule has 0 saturated heterocycles. The third kappa shape index (κ3) is 4.92. The zero-order valence-electron chi connectivity index (χ0n) is 12.2. The zero-order valence-corrected chi connectivity index (χ0v) is 12.2. The van der Waals surface area contributed by atoms with E-state index in [0.29, 0.717) is 19.6 Å². The molecular weight excluding hydrogens is 279 g/mol. The maximum Gasteiger partial charge on any atom is 0.391 e. The third-order valence-electron chi connectivity index (χ3n) is 3.94. The number of halogens is 3. The van der Waals surface area contributed by atoms with Gasteiger partial charge in [0.2, 0.25) is 0 Å². The Morgan fingerprint density at radius 2 is 2.10 bits per heavy atom. The third-order valence-corrected chi connectivity index (χ3v) is 3.94. The minimum absolute atomic E-state index is 0.0545. The molecule has 0 amide bonds. The van der Waals surface area contributed by atoms with Crippen molar-refractivity contribution in [1.29, 1.82) is 0 Å². The molecule has 0 aromatic heterocycles. The van der Waals surface area contributed by atoms with E-state index in [1.54, 1.807) is 0 Å². The first-order chi connectivity index (χ1) is 9.99. The molecule has 1 aliphatic rings. The minimum atomic E-state index is -4.06. The van der Waals surface area contributed by atoms with Crippen molar-refractivity contribution in [2.45, 2.75) is 51.4 Å². The van der Waals surface area contributed by atoms with Gasteiger partial charge in [-0.1, -0.05) is 18.6 Å². The number of alkyl halides is 3. The Morgan fingerprint density at radius 3 is 2.81 bits per heavy atom. The topological polar surface area (TPSA) is 21.3 Å². The lowest BCUT2D eigenvalue weighted by atomic mass is 9.85. The molecule has 5 heteroatoms. The van der Waals surface area contributed by atoms with Crippen LogP contribution in [0.25, 0.3) is 0 Å². The zero-order chi connectivity index (χ0) is 15.3. The highest BCUT2D eigenvalue weighted by Crippen LogP contribution is 2.37. The fourth-order valence-electron chi connectivity index (χ4n) is 2.85. The molecule has 1 N–H and O–H groups in total. The van der Waals surface area contributed by atoms with Gasteiger partial charge in [0.05, 0.1) is 12.5 Å². The van der Waals surface area contributed by atoms with Gasteiger partial charge in [-0.05, 0) is 43.9 Å². The number of nitrogens with one attached hydrogen (secondary N) is 1. The van der Waals surface area contributed by atoms with E-state index in [1.807, 2.05) is 31.2 Å². The second kappa shape index (κ2) is 7.16. The van der Waals surface area contributed by atoms with Crippen molar-refractivity contribution in [2.24, 2.45) is 5.92 Å². The molecule has 0 heterocycles. The second-order valence-corrected chi connectivity index (χ2v) is 5.56. The average Bonchev–Trinajstić information content (AvgIpc) is 2.45. The van der Waals surface area contributed by atoms with Gasteiger partial charge in [0.15, 0.2) is 0 Å². The van der Waals surface area contributed by atoms with Crippen LogP contribution in [0.3, 0.4) is 0 Å². The van der Waals surface area contributed by atoms with E-state index < -0.39 is 12.1 Å². The summed E-state index contributed by atoms with van der Waals surface area (Å²) in [6.45, 7) is 3.10. The predicted molar refractivity (Wildman–Crippen MR) is 76.3 cm³/mol. The lowest BCUT2D eigenvalue weighted by Crippen LogP contribution is -2.38. The van der Waals surface area contributed by atoms with Crippen molar-refractivity contribution in [3.63, 3.8) is 0 Å². The molecule has 2 rings (SSSR count). The summed E-state index contributed by atoms with van der Waals surface area (Å²) in [7, 11) is 0. The summed E-state index contributed by atoms with van der Waals surface area (Å²) in [4.78, 5) is 0. The predicted octanol–water partition coefficient (Wildman–Crippen LogP) is 4.30. The maximum atomic E-state index is 12.8. The highest BCUT2D eigenvalue weighted by atomic mass is 19.4. The molecular formula is C16H22F3NO. The Labute approximate surface area is 123 Å². The Hall–Kier alpha value is -1.23. The molecule has 21 heavy (non-hydrogen) atoms. The smallest absolute Gasteiger partial charge is 0.391 e.